The second-order valence-electron chi connectivity index (χ2n) is 15.9. The number of fused-ring (bicyclic) bond motifs is 6. The Morgan fingerprint density at radius 3 is 1.98 bits per heavy atom. The van der Waals surface area contributed by atoms with Crippen molar-refractivity contribution >= 4 is 43.3 Å². The zero-order valence-electron chi connectivity index (χ0n) is 33.5. The molecule has 0 spiro atoms. The average Bonchev–Trinajstić information content (AvgIpc) is 3.92. The molecule has 3 nitrogen and oxygen atoms in total. The summed E-state index contributed by atoms with van der Waals surface area (Å²) in [4.78, 5) is 16.7. The van der Waals surface area contributed by atoms with Crippen LogP contribution >= 0.6 is 23.1 Å². The number of hydrogen-bond donors (Lipinski definition) is 0. The van der Waals surface area contributed by atoms with Gasteiger partial charge in [-0.2, -0.15) is 0 Å². The summed E-state index contributed by atoms with van der Waals surface area (Å²) < 4.78 is 2.60. The minimum absolute atomic E-state index is 0.371. The molecule has 1 aliphatic heterocycles. The van der Waals surface area contributed by atoms with Gasteiger partial charge in [0.1, 0.15) is 0 Å². The van der Waals surface area contributed by atoms with Crippen LogP contribution in [-0.4, -0.2) is 20.2 Å². The summed E-state index contributed by atoms with van der Waals surface area (Å²) in [5.74, 6) is 1.04. The molecule has 12 rings (SSSR count). The highest BCUT2D eigenvalue weighted by atomic mass is 32.2. The van der Waals surface area contributed by atoms with Gasteiger partial charge in [-0.15, -0.1) is 23.1 Å². The summed E-state index contributed by atoms with van der Waals surface area (Å²) in [5.41, 5.74) is 15.2. The topological polar surface area (TPSA) is 38.7 Å². The van der Waals surface area contributed by atoms with Gasteiger partial charge in [-0.25, -0.2) is 9.97 Å². The molecule has 0 saturated heterocycles. The standard InChI is InChI=1S/C57H37N3S2/c1-2-12-36(13-3-1)37-14-10-15-40(28-37)57-59-51(34-52(60-57)46-18-5-4-17-45(46)41-16-11-27-58-35-41)44-30-42(38-23-25-55-49(32-38)47-19-6-8-21-53(47)61-55)29-43(31-44)39-24-26-56-50(33-39)48-20-7-9-22-54(48)62-56/h1-35,47,53H. The summed E-state index contributed by atoms with van der Waals surface area (Å²) in [6.45, 7) is 0. The predicted octanol–water partition coefficient (Wildman–Crippen LogP) is 15.6. The third kappa shape index (κ3) is 6.67. The van der Waals surface area contributed by atoms with Crippen LogP contribution in [0.4, 0.5) is 0 Å². The number of aromatic nitrogens is 3. The number of hydrogen-bond acceptors (Lipinski definition) is 5. The van der Waals surface area contributed by atoms with Crippen molar-refractivity contribution in [2.24, 2.45) is 0 Å². The fraction of sp³-hybridized carbons (Fsp3) is 0.0351. The lowest BCUT2D eigenvalue weighted by Crippen LogP contribution is -2.06. The number of nitrogens with zero attached hydrogens (tertiary/aromatic N) is 3. The first-order valence-corrected chi connectivity index (χ1v) is 22.7. The van der Waals surface area contributed by atoms with E-state index in [0.29, 0.717) is 17.0 Å². The fourth-order valence-corrected chi connectivity index (χ4v) is 11.5. The van der Waals surface area contributed by atoms with Crippen LogP contribution in [-0.2, 0) is 0 Å². The van der Waals surface area contributed by atoms with Crippen LogP contribution in [0, 0.1) is 0 Å². The largest absolute Gasteiger partial charge is 0.264 e. The highest BCUT2D eigenvalue weighted by molar-refractivity contribution is 8.00. The second-order valence-corrected chi connectivity index (χ2v) is 18.2. The van der Waals surface area contributed by atoms with Gasteiger partial charge in [0, 0.05) is 70.9 Å². The van der Waals surface area contributed by atoms with Crippen molar-refractivity contribution in [1.29, 1.82) is 0 Å². The lowest BCUT2D eigenvalue weighted by molar-refractivity contribution is 0.881. The van der Waals surface area contributed by atoms with E-state index in [9.17, 15) is 0 Å². The molecule has 62 heavy (non-hydrogen) atoms. The van der Waals surface area contributed by atoms with E-state index in [2.05, 4.69) is 199 Å². The van der Waals surface area contributed by atoms with Gasteiger partial charge in [0.15, 0.2) is 5.82 Å². The molecule has 2 unspecified atom stereocenters. The molecule has 10 aromatic rings. The monoisotopic (exact) mass is 827 g/mol. The van der Waals surface area contributed by atoms with Crippen molar-refractivity contribution in [1.82, 2.24) is 15.0 Å². The Hall–Kier alpha value is -7.18. The summed E-state index contributed by atoms with van der Waals surface area (Å²) in [5, 5.41) is 3.01. The molecule has 0 bridgehead atoms. The predicted molar refractivity (Wildman–Crippen MR) is 261 cm³/mol. The van der Waals surface area contributed by atoms with E-state index in [1.54, 1.807) is 0 Å². The van der Waals surface area contributed by atoms with Crippen molar-refractivity contribution in [3.63, 3.8) is 0 Å². The number of pyridine rings is 1. The van der Waals surface area contributed by atoms with Gasteiger partial charge in [0.2, 0.25) is 0 Å². The lowest BCUT2D eigenvalue weighted by Gasteiger charge is -2.16. The molecule has 7 aromatic carbocycles. The molecular formula is C57H37N3S2. The maximum atomic E-state index is 5.46. The van der Waals surface area contributed by atoms with Crippen LogP contribution in [0.3, 0.4) is 0 Å². The van der Waals surface area contributed by atoms with Gasteiger partial charge in [0.05, 0.1) is 11.4 Å². The molecule has 0 N–H and O–H groups in total. The molecule has 2 aliphatic rings. The zero-order valence-corrected chi connectivity index (χ0v) is 35.2. The Morgan fingerprint density at radius 2 is 1.10 bits per heavy atom. The number of thiophene rings is 1. The molecule has 5 heteroatoms. The maximum absolute atomic E-state index is 5.46. The average molecular weight is 828 g/mol. The van der Waals surface area contributed by atoms with Crippen LogP contribution in [0.2, 0.25) is 0 Å². The molecule has 0 amide bonds. The molecule has 2 atom stereocenters. The fourth-order valence-electron chi connectivity index (χ4n) is 9.05. The van der Waals surface area contributed by atoms with Gasteiger partial charge >= 0.3 is 0 Å². The van der Waals surface area contributed by atoms with E-state index < -0.39 is 0 Å². The maximum Gasteiger partial charge on any atom is 0.160 e. The van der Waals surface area contributed by atoms with Crippen molar-refractivity contribution in [2.45, 2.75) is 16.1 Å². The van der Waals surface area contributed by atoms with Crippen LogP contribution < -0.4 is 0 Å². The molecule has 1 aliphatic carbocycles. The first-order valence-electron chi connectivity index (χ1n) is 21.0. The first kappa shape index (κ1) is 36.7. The van der Waals surface area contributed by atoms with Gasteiger partial charge in [-0.3, -0.25) is 4.98 Å². The summed E-state index contributed by atoms with van der Waals surface area (Å²) in [6.07, 6.45) is 12.8. The highest BCUT2D eigenvalue weighted by Crippen LogP contribution is 2.49. The summed E-state index contributed by atoms with van der Waals surface area (Å²) >= 11 is 3.82. The van der Waals surface area contributed by atoms with E-state index in [0.717, 1.165) is 61.5 Å². The molecule has 0 radical (unpaired) electrons. The van der Waals surface area contributed by atoms with Crippen molar-refractivity contribution in [3.8, 4) is 78.4 Å². The number of rotatable bonds is 7. The summed E-state index contributed by atoms with van der Waals surface area (Å²) in [7, 11) is 0. The minimum atomic E-state index is 0.371. The smallest absolute Gasteiger partial charge is 0.160 e. The van der Waals surface area contributed by atoms with E-state index in [4.69, 9.17) is 9.97 Å². The third-order valence-corrected chi connectivity index (χ3v) is 14.6. The molecule has 4 heterocycles. The Kier molecular flexibility index (Phi) is 9.09. The van der Waals surface area contributed by atoms with Crippen molar-refractivity contribution in [3.05, 3.63) is 218 Å². The molecule has 0 saturated carbocycles. The number of allylic oxidation sites excluding steroid dienone is 3. The molecular weight excluding hydrogens is 791 g/mol. The SMILES string of the molecule is C1=CC2Sc3ccc(-c4cc(-c5ccc6sc7ccccc7c6c5)cc(-c5cc(-c6ccccc6-c6cccnc6)nc(-c6cccc(-c7ccccc7)c6)n5)c4)cc3C2C=C1. The van der Waals surface area contributed by atoms with Gasteiger partial charge in [0.25, 0.3) is 0 Å². The van der Waals surface area contributed by atoms with E-state index >= 15 is 0 Å². The van der Waals surface area contributed by atoms with Crippen LogP contribution in [0.25, 0.3) is 98.6 Å². The van der Waals surface area contributed by atoms with Gasteiger partial charge in [-0.05, 0) is 111 Å². The second kappa shape index (κ2) is 15.4. The Bertz CT molecular complexity index is 3400. The lowest BCUT2D eigenvalue weighted by atomic mass is 9.89. The minimum Gasteiger partial charge on any atom is -0.264 e. The van der Waals surface area contributed by atoms with E-state index in [-0.39, 0.29) is 0 Å². The zero-order chi connectivity index (χ0) is 41.0. The summed E-state index contributed by atoms with van der Waals surface area (Å²) in [6, 6.07) is 63.5. The van der Waals surface area contributed by atoms with Crippen LogP contribution in [0.1, 0.15) is 11.5 Å². The van der Waals surface area contributed by atoms with Crippen molar-refractivity contribution < 1.29 is 0 Å². The van der Waals surface area contributed by atoms with Crippen LogP contribution in [0.5, 0.6) is 0 Å². The quantitative estimate of drug-likeness (QED) is 0.160. The Morgan fingerprint density at radius 1 is 0.419 bits per heavy atom. The Balaban J connectivity index is 1.08. The molecule has 0 fully saturated rings. The normalized spacial score (nSPS) is 15.2. The highest BCUT2D eigenvalue weighted by Gasteiger charge is 2.31. The third-order valence-electron chi connectivity index (χ3n) is 12.1. The van der Waals surface area contributed by atoms with Gasteiger partial charge in [-0.1, -0.05) is 133 Å². The van der Waals surface area contributed by atoms with E-state index in [1.165, 1.54) is 41.8 Å². The van der Waals surface area contributed by atoms with Gasteiger partial charge < -0.3 is 0 Å². The Labute approximate surface area is 368 Å². The van der Waals surface area contributed by atoms with Crippen LogP contribution in [0.15, 0.2) is 218 Å². The number of thioether (sulfide) groups is 1. The number of benzene rings is 7. The molecule has 3 aromatic heterocycles. The van der Waals surface area contributed by atoms with E-state index in [1.807, 2.05) is 41.6 Å². The van der Waals surface area contributed by atoms with Crippen molar-refractivity contribution in [2.75, 3.05) is 0 Å². The first-order chi connectivity index (χ1) is 30.7. The molecule has 292 valence electrons.